The van der Waals surface area contributed by atoms with Crippen LogP contribution >= 0.6 is 15.9 Å². The molecule has 0 bridgehead atoms. The van der Waals surface area contributed by atoms with E-state index in [2.05, 4.69) is 36.3 Å². The van der Waals surface area contributed by atoms with Crippen LogP contribution in [-0.2, 0) is 11.3 Å². The van der Waals surface area contributed by atoms with E-state index in [-0.39, 0.29) is 12.5 Å². The second-order valence-electron chi connectivity index (χ2n) is 3.46. The molecule has 2 rings (SSSR count). The van der Waals surface area contributed by atoms with E-state index in [1.165, 1.54) is 17.3 Å². The number of nitrogens with zero attached hydrogens (tertiary/aromatic N) is 4. The van der Waals surface area contributed by atoms with Gasteiger partial charge in [0, 0.05) is 10.7 Å². The minimum atomic E-state index is -0.190. The Balaban J connectivity index is 2.00. The molecule has 6 nitrogen and oxygen atoms in total. The number of hydrogen-bond acceptors (Lipinski definition) is 4. The van der Waals surface area contributed by atoms with Crippen molar-refractivity contribution in [2.45, 2.75) is 13.5 Å². The summed E-state index contributed by atoms with van der Waals surface area (Å²) in [5, 5.41) is 6.54. The average Bonchev–Trinajstić information content (AvgIpc) is 2.76. The van der Waals surface area contributed by atoms with Crippen LogP contribution in [0.25, 0.3) is 0 Å². The summed E-state index contributed by atoms with van der Waals surface area (Å²) >= 11 is 3.35. The van der Waals surface area contributed by atoms with Crippen LogP contribution in [0.2, 0.25) is 0 Å². The maximum absolute atomic E-state index is 11.6. The third-order valence-electron chi connectivity index (χ3n) is 2.09. The van der Waals surface area contributed by atoms with Crippen LogP contribution in [0, 0.1) is 6.92 Å². The Kier molecular flexibility index (Phi) is 3.48. The SMILES string of the molecule is Cc1cc(NC(=O)Cn2cncn2)ncc1Br. The number of hydrogen-bond donors (Lipinski definition) is 1. The number of anilines is 1. The van der Waals surface area contributed by atoms with Crippen LogP contribution in [0.4, 0.5) is 5.82 Å². The maximum atomic E-state index is 11.6. The molecule has 1 N–H and O–H groups in total. The first-order valence-electron chi connectivity index (χ1n) is 4.89. The van der Waals surface area contributed by atoms with Crippen molar-refractivity contribution in [1.29, 1.82) is 0 Å². The van der Waals surface area contributed by atoms with Crippen molar-refractivity contribution in [2.24, 2.45) is 0 Å². The van der Waals surface area contributed by atoms with E-state index in [4.69, 9.17) is 0 Å². The van der Waals surface area contributed by atoms with Gasteiger partial charge in [0.2, 0.25) is 5.91 Å². The standard InChI is InChI=1S/C10H10BrN5O/c1-7-2-9(13-3-8(7)11)15-10(17)4-16-6-12-5-14-16/h2-3,5-6H,4H2,1H3,(H,13,15,17). The van der Waals surface area contributed by atoms with Gasteiger partial charge in [0.15, 0.2) is 0 Å². The van der Waals surface area contributed by atoms with E-state index < -0.39 is 0 Å². The lowest BCUT2D eigenvalue weighted by Gasteiger charge is -2.05. The number of aryl methyl sites for hydroxylation is 1. The molecule has 0 saturated carbocycles. The molecular formula is C10H10BrN5O. The van der Waals surface area contributed by atoms with Crippen LogP contribution < -0.4 is 5.32 Å². The summed E-state index contributed by atoms with van der Waals surface area (Å²) in [4.78, 5) is 19.5. The lowest BCUT2D eigenvalue weighted by molar-refractivity contribution is -0.116. The maximum Gasteiger partial charge on any atom is 0.247 e. The fraction of sp³-hybridized carbons (Fsp3) is 0.200. The van der Waals surface area contributed by atoms with Gasteiger partial charge in [-0.25, -0.2) is 14.6 Å². The van der Waals surface area contributed by atoms with Gasteiger partial charge in [-0.15, -0.1) is 0 Å². The summed E-state index contributed by atoms with van der Waals surface area (Å²) in [5.74, 6) is 0.334. The fourth-order valence-electron chi connectivity index (χ4n) is 1.25. The van der Waals surface area contributed by atoms with Gasteiger partial charge in [0.05, 0.1) is 0 Å². The number of rotatable bonds is 3. The molecular weight excluding hydrogens is 286 g/mol. The monoisotopic (exact) mass is 295 g/mol. The second-order valence-corrected chi connectivity index (χ2v) is 4.31. The molecule has 7 heteroatoms. The van der Waals surface area contributed by atoms with E-state index in [1.54, 1.807) is 12.3 Å². The van der Waals surface area contributed by atoms with Crippen LogP contribution in [0.1, 0.15) is 5.56 Å². The Morgan fingerprint density at radius 2 is 2.41 bits per heavy atom. The van der Waals surface area contributed by atoms with Crippen molar-refractivity contribution < 1.29 is 4.79 Å². The lowest BCUT2D eigenvalue weighted by atomic mass is 10.3. The summed E-state index contributed by atoms with van der Waals surface area (Å²) in [6.07, 6.45) is 4.52. The van der Waals surface area contributed by atoms with Crippen molar-refractivity contribution in [3.8, 4) is 0 Å². The first kappa shape index (κ1) is 11.7. The van der Waals surface area contributed by atoms with Gasteiger partial charge in [-0.05, 0) is 34.5 Å². The Morgan fingerprint density at radius 1 is 1.59 bits per heavy atom. The Morgan fingerprint density at radius 3 is 3.06 bits per heavy atom. The normalized spacial score (nSPS) is 10.2. The third-order valence-corrected chi connectivity index (χ3v) is 2.92. The van der Waals surface area contributed by atoms with Gasteiger partial charge in [-0.2, -0.15) is 5.10 Å². The fourth-order valence-corrected chi connectivity index (χ4v) is 1.47. The highest BCUT2D eigenvalue weighted by Gasteiger charge is 2.05. The van der Waals surface area contributed by atoms with Crippen LogP contribution in [-0.4, -0.2) is 25.7 Å². The number of carbonyl (C=O) groups is 1. The highest BCUT2D eigenvalue weighted by Crippen LogP contribution is 2.17. The number of pyridine rings is 1. The molecule has 0 saturated heterocycles. The predicted octanol–water partition coefficient (Wildman–Crippen LogP) is 1.38. The average molecular weight is 296 g/mol. The molecule has 0 aliphatic carbocycles. The van der Waals surface area contributed by atoms with Crippen LogP contribution in [0.3, 0.4) is 0 Å². The quantitative estimate of drug-likeness (QED) is 0.928. The lowest BCUT2D eigenvalue weighted by Crippen LogP contribution is -2.19. The van der Waals surface area contributed by atoms with Gasteiger partial charge in [-0.1, -0.05) is 0 Å². The van der Waals surface area contributed by atoms with Crippen molar-refractivity contribution >= 4 is 27.7 Å². The van der Waals surface area contributed by atoms with E-state index in [0.29, 0.717) is 5.82 Å². The third kappa shape index (κ3) is 3.10. The molecule has 0 unspecified atom stereocenters. The van der Waals surface area contributed by atoms with Crippen LogP contribution in [0.5, 0.6) is 0 Å². The molecule has 0 radical (unpaired) electrons. The zero-order chi connectivity index (χ0) is 12.3. The number of amides is 1. The highest BCUT2D eigenvalue weighted by atomic mass is 79.9. The highest BCUT2D eigenvalue weighted by molar-refractivity contribution is 9.10. The minimum absolute atomic E-state index is 0.122. The molecule has 0 fully saturated rings. The van der Waals surface area contributed by atoms with Gasteiger partial charge in [0.1, 0.15) is 25.0 Å². The minimum Gasteiger partial charge on any atom is -0.309 e. The summed E-state index contributed by atoms with van der Waals surface area (Å²) in [6.45, 7) is 2.05. The van der Waals surface area contributed by atoms with Gasteiger partial charge >= 0.3 is 0 Å². The summed E-state index contributed by atoms with van der Waals surface area (Å²) in [5.41, 5.74) is 1.01. The van der Waals surface area contributed by atoms with Crippen molar-refractivity contribution in [3.63, 3.8) is 0 Å². The van der Waals surface area contributed by atoms with Crippen LogP contribution in [0.15, 0.2) is 29.4 Å². The molecule has 88 valence electrons. The molecule has 2 aromatic rings. The van der Waals surface area contributed by atoms with E-state index in [9.17, 15) is 4.79 Å². The number of carbonyl (C=O) groups excluding carboxylic acids is 1. The summed E-state index contributed by atoms with van der Waals surface area (Å²) < 4.78 is 2.35. The Labute approximate surface area is 106 Å². The first-order valence-corrected chi connectivity index (χ1v) is 5.69. The topological polar surface area (TPSA) is 72.7 Å². The second kappa shape index (κ2) is 5.05. The summed E-state index contributed by atoms with van der Waals surface area (Å²) in [6, 6.07) is 1.79. The largest absolute Gasteiger partial charge is 0.309 e. The van der Waals surface area contributed by atoms with E-state index >= 15 is 0 Å². The van der Waals surface area contributed by atoms with E-state index in [0.717, 1.165) is 10.0 Å². The molecule has 1 amide bonds. The number of aromatic nitrogens is 4. The Bertz CT molecular complexity index is 525. The zero-order valence-electron chi connectivity index (χ0n) is 9.09. The van der Waals surface area contributed by atoms with Gasteiger partial charge in [0.25, 0.3) is 0 Å². The zero-order valence-corrected chi connectivity index (χ0v) is 10.7. The molecule has 0 spiro atoms. The molecule has 0 aliphatic heterocycles. The molecule has 2 aromatic heterocycles. The summed E-state index contributed by atoms with van der Waals surface area (Å²) in [7, 11) is 0. The van der Waals surface area contributed by atoms with Crippen molar-refractivity contribution in [2.75, 3.05) is 5.32 Å². The van der Waals surface area contributed by atoms with Crippen molar-refractivity contribution in [3.05, 3.63) is 35.0 Å². The smallest absolute Gasteiger partial charge is 0.247 e. The molecule has 2 heterocycles. The molecule has 0 aliphatic rings. The van der Waals surface area contributed by atoms with Gasteiger partial charge < -0.3 is 5.32 Å². The first-order chi connectivity index (χ1) is 8.15. The predicted molar refractivity (Wildman–Crippen MR) is 65.3 cm³/mol. The molecule has 0 atom stereocenters. The number of halogens is 1. The molecule has 17 heavy (non-hydrogen) atoms. The van der Waals surface area contributed by atoms with Gasteiger partial charge in [-0.3, -0.25) is 4.79 Å². The molecule has 0 aromatic carbocycles. The van der Waals surface area contributed by atoms with E-state index in [1.807, 2.05) is 6.92 Å². The Hall–Kier alpha value is -1.76. The number of nitrogens with one attached hydrogen (secondary N) is 1. The van der Waals surface area contributed by atoms with Crippen molar-refractivity contribution in [1.82, 2.24) is 19.7 Å².